The number of ether oxygens (including phenoxy) is 1. The maximum Gasteiger partial charge on any atom is 0.229 e. The fraction of sp³-hybridized carbons (Fsp3) is 0.500. The van der Waals surface area contributed by atoms with E-state index in [4.69, 9.17) is 4.74 Å². The molecule has 1 aromatic heterocycles. The van der Waals surface area contributed by atoms with Crippen LogP contribution in [0.3, 0.4) is 0 Å². The lowest BCUT2D eigenvalue weighted by Gasteiger charge is -2.14. The molecule has 2 rings (SSSR count). The average molecular weight is 235 g/mol. The Bertz CT molecular complexity index is 391. The van der Waals surface area contributed by atoms with Gasteiger partial charge in [-0.15, -0.1) is 0 Å². The van der Waals surface area contributed by atoms with Crippen LogP contribution in [0.2, 0.25) is 0 Å². The number of nitrogens with one attached hydrogen (secondary N) is 2. The van der Waals surface area contributed by atoms with Gasteiger partial charge in [-0.3, -0.25) is 4.79 Å². The van der Waals surface area contributed by atoms with Gasteiger partial charge in [0.25, 0.3) is 0 Å². The van der Waals surface area contributed by atoms with Crippen LogP contribution in [0.15, 0.2) is 18.3 Å². The number of nitrogens with zero attached hydrogens (tertiary/aromatic N) is 1. The number of hydrogen-bond acceptors (Lipinski definition) is 4. The molecule has 1 saturated heterocycles. The minimum Gasteiger partial charge on any atom is -0.481 e. The van der Waals surface area contributed by atoms with Crippen LogP contribution in [0.1, 0.15) is 13.3 Å². The van der Waals surface area contributed by atoms with Gasteiger partial charge >= 0.3 is 0 Å². The lowest BCUT2D eigenvalue weighted by atomic mass is 10.0. The summed E-state index contributed by atoms with van der Waals surface area (Å²) in [5, 5.41) is 6.13. The summed E-state index contributed by atoms with van der Waals surface area (Å²) in [7, 11) is 1.56. The molecule has 17 heavy (non-hydrogen) atoms. The van der Waals surface area contributed by atoms with Gasteiger partial charge in [-0.1, -0.05) is 0 Å². The molecule has 2 N–H and O–H groups in total. The number of hydrogen-bond donors (Lipinski definition) is 2. The van der Waals surface area contributed by atoms with Crippen LogP contribution in [0.5, 0.6) is 5.88 Å². The molecule has 0 bridgehead atoms. The summed E-state index contributed by atoms with van der Waals surface area (Å²) in [5.74, 6) is 0.630. The Labute approximate surface area is 101 Å². The van der Waals surface area contributed by atoms with Crippen molar-refractivity contribution in [3.63, 3.8) is 0 Å². The fourth-order valence-corrected chi connectivity index (χ4v) is 2.03. The Balaban J connectivity index is 1.97. The summed E-state index contributed by atoms with van der Waals surface area (Å²) < 4.78 is 4.96. The SMILES string of the molecule is COc1ccc(NC(=O)C2CCNC2C)cn1. The first kappa shape index (κ1) is 11.9. The minimum atomic E-state index is 0.0390. The first-order valence-corrected chi connectivity index (χ1v) is 5.75. The molecule has 0 aliphatic carbocycles. The van der Waals surface area contributed by atoms with Crippen molar-refractivity contribution in [1.82, 2.24) is 10.3 Å². The third-order valence-corrected chi connectivity index (χ3v) is 3.07. The van der Waals surface area contributed by atoms with Crippen molar-refractivity contribution >= 4 is 11.6 Å². The molecule has 0 saturated carbocycles. The van der Waals surface area contributed by atoms with Crippen LogP contribution in [0.25, 0.3) is 0 Å². The molecular weight excluding hydrogens is 218 g/mol. The molecule has 2 unspecified atom stereocenters. The smallest absolute Gasteiger partial charge is 0.229 e. The van der Waals surface area contributed by atoms with Gasteiger partial charge in [-0.2, -0.15) is 0 Å². The Kier molecular flexibility index (Phi) is 3.58. The summed E-state index contributed by atoms with van der Waals surface area (Å²) in [6.45, 7) is 2.93. The second-order valence-corrected chi connectivity index (χ2v) is 4.22. The fourth-order valence-electron chi connectivity index (χ4n) is 2.03. The Morgan fingerprint density at radius 2 is 2.41 bits per heavy atom. The zero-order valence-corrected chi connectivity index (χ0v) is 10.1. The number of rotatable bonds is 3. The van der Waals surface area contributed by atoms with Crippen LogP contribution in [-0.4, -0.2) is 30.6 Å². The van der Waals surface area contributed by atoms with Gasteiger partial charge in [0.05, 0.1) is 24.9 Å². The van der Waals surface area contributed by atoms with Gasteiger partial charge in [0.2, 0.25) is 11.8 Å². The second kappa shape index (κ2) is 5.14. The number of pyridine rings is 1. The topological polar surface area (TPSA) is 63.2 Å². The second-order valence-electron chi connectivity index (χ2n) is 4.22. The van der Waals surface area contributed by atoms with Crippen LogP contribution >= 0.6 is 0 Å². The number of amides is 1. The summed E-state index contributed by atoms with van der Waals surface area (Å²) in [6, 6.07) is 3.75. The highest BCUT2D eigenvalue weighted by Crippen LogP contribution is 2.18. The normalized spacial score (nSPS) is 23.4. The molecule has 5 heteroatoms. The summed E-state index contributed by atoms with van der Waals surface area (Å²) >= 11 is 0. The van der Waals surface area contributed by atoms with Gasteiger partial charge in [0.15, 0.2) is 0 Å². The van der Waals surface area contributed by atoms with Crippen molar-refractivity contribution in [2.75, 3.05) is 19.0 Å². The van der Waals surface area contributed by atoms with Crippen LogP contribution < -0.4 is 15.4 Å². The van der Waals surface area contributed by atoms with E-state index in [-0.39, 0.29) is 17.9 Å². The monoisotopic (exact) mass is 235 g/mol. The van der Waals surface area contributed by atoms with E-state index >= 15 is 0 Å². The lowest BCUT2D eigenvalue weighted by Crippen LogP contribution is -2.32. The van der Waals surface area contributed by atoms with Crippen LogP contribution in [0, 0.1) is 5.92 Å². The van der Waals surface area contributed by atoms with Crippen LogP contribution in [-0.2, 0) is 4.79 Å². The van der Waals surface area contributed by atoms with E-state index < -0.39 is 0 Å². The van der Waals surface area contributed by atoms with Gasteiger partial charge < -0.3 is 15.4 Å². The third kappa shape index (κ3) is 2.74. The van der Waals surface area contributed by atoms with E-state index in [0.29, 0.717) is 11.6 Å². The van der Waals surface area contributed by atoms with Gasteiger partial charge in [-0.05, 0) is 26.0 Å². The van der Waals surface area contributed by atoms with Gasteiger partial charge in [-0.25, -0.2) is 4.98 Å². The molecule has 1 aliphatic rings. The molecule has 1 aromatic rings. The molecular formula is C12H17N3O2. The minimum absolute atomic E-state index is 0.0390. The largest absolute Gasteiger partial charge is 0.481 e. The van der Waals surface area contributed by atoms with Gasteiger partial charge in [0, 0.05) is 12.1 Å². The molecule has 1 fully saturated rings. The quantitative estimate of drug-likeness (QED) is 0.821. The van der Waals surface area contributed by atoms with Crippen molar-refractivity contribution in [2.24, 2.45) is 5.92 Å². The van der Waals surface area contributed by atoms with Crippen molar-refractivity contribution in [3.8, 4) is 5.88 Å². The highest BCUT2D eigenvalue weighted by molar-refractivity contribution is 5.93. The first-order chi connectivity index (χ1) is 8.20. The van der Waals surface area contributed by atoms with E-state index in [1.54, 1.807) is 25.4 Å². The summed E-state index contributed by atoms with van der Waals surface area (Å²) in [6.07, 6.45) is 2.49. The van der Waals surface area contributed by atoms with E-state index in [1.807, 2.05) is 6.92 Å². The van der Waals surface area contributed by atoms with E-state index in [1.165, 1.54) is 0 Å². The highest BCUT2D eigenvalue weighted by atomic mass is 16.5. The maximum atomic E-state index is 12.0. The molecule has 1 aliphatic heterocycles. The molecule has 0 spiro atoms. The molecule has 0 aromatic carbocycles. The van der Waals surface area contributed by atoms with E-state index in [2.05, 4.69) is 15.6 Å². The zero-order chi connectivity index (χ0) is 12.3. The molecule has 2 atom stereocenters. The number of anilines is 1. The molecule has 1 amide bonds. The van der Waals surface area contributed by atoms with Gasteiger partial charge in [0.1, 0.15) is 0 Å². The number of aromatic nitrogens is 1. The third-order valence-electron chi connectivity index (χ3n) is 3.07. The molecule has 5 nitrogen and oxygen atoms in total. The molecule has 92 valence electrons. The predicted octanol–water partition coefficient (Wildman–Crippen LogP) is 1.03. The Morgan fingerprint density at radius 1 is 1.59 bits per heavy atom. The van der Waals surface area contributed by atoms with Crippen molar-refractivity contribution in [3.05, 3.63) is 18.3 Å². The first-order valence-electron chi connectivity index (χ1n) is 5.75. The zero-order valence-electron chi connectivity index (χ0n) is 10.1. The van der Waals surface area contributed by atoms with Crippen LogP contribution in [0.4, 0.5) is 5.69 Å². The number of carbonyl (C=O) groups is 1. The Morgan fingerprint density at radius 3 is 2.94 bits per heavy atom. The summed E-state index contributed by atoms with van der Waals surface area (Å²) in [4.78, 5) is 16.0. The van der Waals surface area contributed by atoms with Crippen molar-refractivity contribution in [2.45, 2.75) is 19.4 Å². The van der Waals surface area contributed by atoms with Crippen molar-refractivity contribution in [1.29, 1.82) is 0 Å². The predicted molar refractivity (Wildman–Crippen MR) is 65.0 cm³/mol. The number of carbonyl (C=O) groups excluding carboxylic acids is 1. The average Bonchev–Trinajstić information content (AvgIpc) is 2.76. The summed E-state index contributed by atoms with van der Waals surface area (Å²) in [5.41, 5.74) is 0.704. The lowest BCUT2D eigenvalue weighted by molar-refractivity contribution is -0.120. The maximum absolute atomic E-state index is 12.0. The van der Waals surface area contributed by atoms with Crippen molar-refractivity contribution < 1.29 is 9.53 Å². The number of methoxy groups -OCH3 is 1. The Hall–Kier alpha value is -1.62. The van der Waals surface area contributed by atoms with E-state index in [9.17, 15) is 4.79 Å². The molecule has 2 heterocycles. The highest BCUT2D eigenvalue weighted by Gasteiger charge is 2.29. The molecule has 0 radical (unpaired) electrons. The van der Waals surface area contributed by atoms with E-state index in [0.717, 1.165) is 13.0 Å². The standard InChI is InChI=1S/C12H17N3O2/c1-8-10(5-6-13-8)12(16)15-9-3-4-11(17-2)14-7-9/h3-4,7-8,10,13H,5-6H2,1-2H3,(H,15,16).